The number of carbonyl (C=O) groups is 1. The lowest BCUT2D eigenvalue weighted by Gasteiger charge is -2.38. The van der Waals surface area contributed by atoms with Gasteiger partial charge in [0.25, 0.3) is 5.91 Å². The monoisotopic (exact) mass is 444 g/mol. The minimum atomic E-state index is -0.135. The molecule has 2 heterocycles. The van der Waals surface area contributed by atoms with E-state index in [-0.39, 0.29) is 11.9 Å². The lowest BCUT2D eigenvalue weighted by molar-refractivity contribution is 0.0694. The largest absolute Gasteiger partial charge is 0.495 e. The molecule has 0 saturated heterocycles. The highest BCUT2D eigenvalue weighted by Crippen LogP contribution is 2.36. The first-order valence-electron chi connectivity index (χ1n) is 11.3. The van der Waals surface area contributed by atoms with Gasteiger partial charge in [0.15, 0.2) is 0 Å². The van der Waals surface area contributed by atoms with Gasteiger partial charge >= 0.3 is 0 Å². The van der Waals surface area contributed by atoms with Crippen LogP contribution in [0.15, 0.2) is 97.2 Å². The Morgan fingerprint density at radius 1 is 0.941 bits per heavy atom. The van der Waals surface area contributed by atoms with Gasteiger partial charge in [-0.1, -0.05) is 66.6 Å². The molecule has 4 heteroatoms. The zero-order valence-electron chi connectivity index (χ0n) is 18.9. The Morgan fingerprint density at radius 3 is 2.53 bits per heavy atom. The van der Waals surface area contributed by atoms with Gasteiger partial charge in [0, 0.05) is 18.3 Å². The van der Waals surface area contributed by atoms with Gasteiger partial charge in [0.1, 0.15) is 11.4 Å². The third-order valence-corrected chi connectivity index (χ3v) is 6.10. The van der Waals surface area contributed by atoms with Crippen molar-refractivity contribution in [3.05, 3.63) is 131 Å². The minimum Gasteiger partial charge on any atom is -0.495 e. The van der Waals surface area contributed by atoms with Gasteiger partial charge in [0.05, 0.1) is 18.7 Å². The predicted octanol–water partition coefficient (Wildman–Crippen LogP) is 5.28. The van der Waals surface area contributed by atoms with E-state index in [4.69, 9.17) is 4.74 Å². The Labute approximate surface area is 199 Å². The number of fused-ring (bicyclic) bond motifs is 1. The fourth-order valence-corrected chi connectivity index (χ4v) is 4.45. The van der Waals surface area contributed by atoms with E-state index in [0.29, 0.717) is 29.1 Å². The summed E-state index contributed by atoms with van der Waals surface area (Å²) in [7, 11) is 1.61. The van der Waals surface area contributed by atoms with Crippen molar-refractivity contribution in [3.63, 3.8) is 0 Å². The SMILES string of the molecule is COc1ccc(C(=O)N2CCc3ccccc3C2c2ccccc2)cc1C#Cc1ccccn1. The molecule has 4 nitrogen and oxygen atoms in total. The van der Waals surface area contributed by atoms with Crippen molar-refractivity contribution in [1.29, 1.82) is 0 Å². The van der Waals surface area contributed by atoms with E-state index in [0.717, 1.165) is 12.0 Å². The molecule has 1 unspecified atom stereocenters. The first-order chi connectivity index (χ1) is 16.7. The molecular formula is C30H24N2O2. The van der Waals surface area contributed by atoms with E-state index in [1.165, 1.54) is 11.1 Å². The molecule has 166 valence electrons. The average molecular weight is 445 g/mol. The van der Waals surface area contributed by atoms with Crippen LogP contribution in [0.2, 0.25) is 0 Å². The maximum absolute atomic E-state index is 13.8. The first-order valence-corrected chi connectivity index (χ1v) is 11.3. The zero-order valence-corrected chi connectivity index (χ0v) is 18.9. The number of aromatic nitrogens is 1. The molecule has 0 spiro atoms. The highest BCUT2D eigenvalue weighted by atomic mass is 16.5. The van der Waals surface area contributed by atoms with Crippen LogP contribution in [0.5, 0.6) is 5.75 Å². The van der Waals surface area contributed by atoms with Crippen molar-refractivity contribution in [3.8, 4) is 17.6 Å². The molecular weight excluding hydrogens is 420 g/mol. The standard InChI is InChI=1S/C30H24N2O2/c1-34-28-17-15-25(21-24(28)14-16-26-12-7-8-19-31-26)30(33)32-20-18-22-9-5-6-13-27(22)29(32)23-10-3-2-4-11-23/h2-13,15,17,19,21,29H,18,20H2,1H3. The second-order valence-electron chi connectivity index (χ2n) is 8.14. The van der Waals surface area contributed by atoms with Gasteiger partial charge in [-0.3, -0.25) is 4.79 Å². The number of methoxy groups -OCH3 is 1. The van der Waals surface area contributed by atoms with Crippen molar-refractivity contribution < 1.29 is 9.53 Å². The highest BCUT2D eigenvalue weighted by Gasteiger charge is 2.32. The number of amides is 1. The summed E-state index contributed by atoms with van der Waals surface area (Å²) in [6.07, 6.45) is 2.53. The number of hydrogen-bond donors (Lipinski definition) is 0. The maximum Gasteiger partial charge on any atom is 0.254 e. The van der Waals surface area contributed by atoms with Crippen molar-refractivity contribution in [2.75, 3.05) is 13.7 Å². The third kappa shape index (κ3) is 4.29. The Kier molecular flexibility index (Phi) is 6.09. The van der Waals surface area contributed by atoms with Gasteiger partial charge in [-0.25, -0.2) is 4.98 Å². The number of benzene rings is 3. The lowest BCUT2D eigenvalue weighted by Crippen LogP contribution is -2.40. The van der Waals surface area contributed by atoms with E-state index in [9.17, 15) is 4.79 Å². The summed E-state index contributed by atoms with van der Waals surface area (Å²) >= 11 is 0. The number of rotatable bonds is 3. The lowest BCUT2D eigenvalue weighted by atomic mass is 9.87. The van der Waals surface area contributed by atoms with Crippen LogP contribution in [-0.2, 0) is 6.42 Å². The molecule has 1 atom stereocenters. The Bertz CT molecular complexity index is 1370. The molecule has 0 bridgehead atoms. The second kappa shape index (κ2) is 9.64. The fraction of sp³-hybridized carbons (Fsp3) is 0.133. The van der Waals surface area contributed by atoms with Crippen LogP contribution in [0.25, 0.3) is 0 Å². The number of hydrogen-bond acceptors (Lipinski definition) is 3. The summed E-state index contributed by atoms with van der Waals surface area (Å²) in [5.41, 5.74) is 5.48. The highest BCUT2D eigenvalue weighted by molar-refractivity contribution is 5.95. The van der Waals surface area contributed by atoms with Gasteiger partial charge in [-0.2, -0.15) is 0 Å². The number of carbonyl (C=O) groups excluding carboxylic acids is 1. The predicted molar refractivity (Wildman–Crippen MR) is 133 cm³/mol. The quantitative estimate of drug-likeness (QED) is 0.404. The minimum absolute atomic E-state index is 0.0214. The van der Waals surface area contributed by atoms with Crippen LogP contribution in [0.1, 0.15) is 44.3 Å². The van der Waals surface area contributed by atoms with E-state index < -0.39 is 0 Å². The topological polar surface area (TPSA) is 42.4 Å². The van der Waals surface area contributed by atoms with Crippen LogP contribution in [0.3, 0.4) is 0 Å². The average Bonchev–Trinajstić information content (AvgIpc) is 2.91. The Hall–Kier alpha value is -4.36. The molecule has 3 aromatic carbocycles. The van der Waals surface area contributed by atoms with E-state index in [1.807, 2.05) is 65.6 Å². The summed E-state index contributed by atoms with van der Waals surface area (Å²) < 4.78 is 5.50. The summed E-state index contributed by atoms with van der Waals surface area (Å²) in [4.78, 5) is 20.1. The molecule has 0 fully saturated rings. The van der Waals surface area contributed by atoms with Gasteiger partial charge in [-0.15, -0.1) is 0 Å². The summed E-state index contributed by atoms with van der Waals surface area (Å²) in [5.74, 6) is 6.80. The van der Waals surface area contributed by atoms with Gasteiger partial charge < -0.3 is 9.64 Å². The van der Waals surface area contributed by atoms with E-state index in [1.54, 1.807) is 13.3 Å². The van der Waals surface area contributed by atoms with Crippen molar-refractivity contribution >= 4 is 5.91 Å². The smallest absolute Gasteiger partial charge is 0.254 e. The van der Waals surface area contributed by atoms with Crippen LogP contribution in [-0.4, -0.2) is 29.4 Å². The number of ether oxygens (including phenoxy) is 1. The third-order valence-electron chi connectivity index (χ3n) is 6.10. The number of nitrogens with zero attached hydrogens (tertiary/aromatic N) is 2. The molecule has 4 aromatic rings. The molecule has 0 aliphatic carbocycles. The van der Waals surface area contributed by atoms with Crippen LogP contribution < -0.4 is 4.74 Å². The molecule has 1 aliphatic rings. The summed E-state index contributed by atoms with van der Waals surface area (Å²) in [5, 5.41) is 0. The molecule has 0 saturated carbocycles. The zero-order chi connectivity index (χ0) is 23.3. The van der Waals surface area contributed by atoms with Crippen LogP contribution in [0.4, 0.5) is 0 Å². The molecule has 5 rings (SSSR count). The maximum atomic E-state index is 13.8. The fourth-order valence-electron chi connectivity index (χ4n) is 4.45. The van der Waals surface area contributed by atoms with Crippen LogP contribution in [0, 0.1) is 11.8 Å². The van der Waals surface area contributed by atoms with E-state index >= 15 is 0 Å². The second-order valence-corrected chi connectivity index (χ2v) is 8.14. The molecule has 1 aromatic heterocycles. The van der Waals surface area contributed by atoms with Gasteiger partial charge in [0.2, 0.25) is 0 Å². The summed E-state index contributed by atoms with van der Waals surface area (Å²) in [6, 6.07) is 29.5. The van der Waals surface area contributed by atoms with Crippen molar-refractivity contribution in [1.82, 2.24) is 9.88 Å². The molecule has 0 N–H and O–H groups in total. The normalized spacial score (nSPS) is 14.5. The molecule has 1 amide bonds. The van der Waals surface area contributed by atoms with Gasteiger partial charge in [-0.05, 0) is 59.4 Å². The van der Waals surface area contributed by atoms with E-state index in [2.05, 4.69) is 47.2 Å². The van der Waals surface area contributed by atoms with Crippen molar-refractivity contribution in [2.24, 2.45) is 0 Å². The molecule has 0 radical (unpaired) electrons. The number of pyridine rings is 1. The van der Waals surface area contributed by atoms with Crippen molar-refractivity contribution in [2.45, 2.75) is 12.5 Å². The van der Waals surface area contributed by atoms with Crippen LogP contribution >= 0.6 is 0 Å². The Morgan fingerprint density at radius 2 is 1.74 bits per heavy atom. The molecule has 34 heavy (non-hydrogen) atoms. The Balaban J connectivity index is 1.53. The first kappa shape index (κ1) is 21.5. The summed E-state index contributed by atoms with van der Waals surface area (Å²) in [6.45, 7) is 0.649. The molecule has 1 aliphatic heterocycles.